The minimum Gasteiger partial charge on any atom is -0.497 e. The van der Waals surface area contributed by atoms with Crippen LogP contribution >= 0.6 is 0 Å². The van der Waals surface area contributed by atoms with Gasteiger partial charge in [-0.05, 0) is 19.1 Å². The van der Waals surface area contributed by atoms with Gasteiger partial charge in [0.05, 0.1) is 24.7 Å². The highest BCUT2D eigenvalue weighted by Crippen LogP contribution is 2.27. The van der Waals surface area contributed by atoms with Gasteiger partial charge in [-0.25, -0.2) is 23.1 Å². The third-order valence-electron chi connectivity index (χ3n) is 5.38. The second-order valence-electron chi connectivity index (χ2n) is 7.20. The lowest BCUT2D eigenvalue weighted by molar-refractivity contribution is 0.0541. The average molecular weight is 464 g/mol. The van der Waals surface area contributed by atoms with E-state index in [-0.39, 0.29) is 23.7 Å². The zero-order valence-corrected chi connectivity index (χ0v) is 18.3. The molecule has 0 amide bonds. The molecule has 0 spiro atoms. The van der Waals surface area contributed by atoms with Crippen LogP contribution in [0.3, 0.4) is 0 Å². The summed E-state index contributed by atoms with van der Waals surface area (Å²) >= 11 is 0. The van der Waals surface area contributed by atoms with Gasteiger partial charge in [-0.15, -0.1) is 0 Å². The molecule has 0 unspecified atom stereocenters. The van der Waals surface area contributed by atoms with E-state index < -0.39 is 16.6 Å². The summed E-state index contributed by atoms with van der Waals surface area (Å²) in [6.45, 7) is -0.387. The average Bonchev–Trinajstić information content (AvgIpc) is 3.22. The second-order valence-corrected chi connectivity index (χ2v) is 9.11. The number of nitrogens with zero attached hydrogens (tertiary/aromatic N) is 6. The smallest absolute Gasteiger partial charge is 0.333 e. The van der Waals surface area contributed by atoms with Crippen molar-refractivity contribution >= 4 is 15.8 Å². The van der Waals surface area contributed by atoms with E-state index in [0.29, 0.717) is 29.3 Å². The maximum atomic E-state index is 13.0. The zero-order chi connectivity index (χ0) is 22.9. The molecule has 9 nitrogen and oxygen atoms in total. The Morgan fingerprint density at radius 2 is 1.84 bits per heavy atom. The van der Waals surface area contributed by atoms with Crippen molar-refractivity contribution in [3.05, 3.63) is 48.5 Å². The van der Waals surface area contributed by atoms with E-state index >= 15 is 0 Å². The largest absolute Gasteiger partial charge is 0.497 e. The number of hydrogen-bond acceptors (Lipinski definition) is 7. The number of hydrogen-bond donors (Lipinski definition) is 0. The molecule has 2 aromatic heterocycles. The Morgan fingerprint density at radius 3 is 2.50 bits per heavy atom. The Balaban J connectivity index is 1.49. The predicted molar refractivity (Wildman–Crippen MR) is 113 cm³/mol. The number of sulfonamides is 1. The fraction of sp³-hybridized carbons (Fsp3) is 0.350. The molecule has 170 valence electrons. The van der Waals surface area contributed by atoms with Crippen LogP contribution in [0.15, 0.2) is 47.8 Å². The van der Waals surface area contributed by atoms with Gasteiger partial charge in [-0.3, -0.25) is 0 Å². The van der Waals surface area contributed by atoms with Crippen molar-refractivity contribution in [1.82, 2.24) is 24.1 Å². The molecule has 0 atom stereocenters. The number of anilines is 1. The number of piperazine rings is 1. The van der Waals surface area contributed by atoms with Gasteiger partial charge >= 0.3 is 6.55 Å². The summed E-state index contributed by atoms with van der Waals surface area (Å²) in [4.78, 5) is 10.4. The van der Waals surface area contributed by atoms with Gasteiger partial charge in [0.1, 0.15) is 22.8 Å². The van der Waals surface area contributed by atoms with Crippen LogP contribution < -0.4 is 9.64 Å². The molecule has 1 aliphatic heterocycles. The van der Waals surface area contributed by atoms with Gasteiger partial charge in [0.15, 0.2) is 0 Å². The Kier molecular flexibility index (Phi) is 6.07. The van der Waals surface area contributed by atoms with Crippen LogP contribution in [0.1, 0.15) is 12.2 Å². The highest BCUT2D eigenvalue weighted by Gasteiger charge is 2.32. The lowest BCUT2D eigenvalue weighted by Crippen LogP contribution is -2.49. The Hall–Kier alpha value is -3.12. The van der Waals surface area contributed by atoms with Gasteiger partial charge in [-0.1, -0.05) is 12.1 Å². The molecule has 32 heavy (non-hydrogen) atoms. The van der Waals surface area contributed by atoms with E-state index in [9.17, 15) is 17.2 Å². The van der Waals surface area contributed by atoms with Crippen LogP contribution in [0.25, 0.3) is 11.3 Å². The molecule has 1 aromatic carbocycles. The molecular formula is C20H22F2N6O3S. The lowest BCUT2D eigenvalue weighted by atomic mass is 10.1. The fourth-order valence-corrected chi connectivity index (χ4v) is 5.18. The van der Waals surface area contributed by atoms with E-state index in [1.54, 1.807) is 7.11 Å². The van der Waals surface area contributed by atoms with Gasteiger partial charge in [0, 0.05) is 37.8 Å². The van der Waals surface area contributed by atoms with Crippen molar-refractivity contribution in [2.45, 2.75) is 18.4 Å². The van der Waals surface area contributed by atoms with E-state index in [0.717, 1.165) is 17.5 Å². The summed E-state index contributed by atoms with van der Waals surface area (Å²) in [5.41, 5.74) is 1.51. The molecule has 3 aromatic rings. The van der Waals surface area contributed by atoms with Crippen LogP contribution in [0, 0.1) is 6.92 Å². The van der Waals surface area contributed by atoms with Crippen molar-refractivity contribution in [3.8, 4) is 17.0 Å². The van der Waals surface area contributed by atoms with Crippen molar-refractivity contribution < 1.29 is 21.9 Å². The van der Waals surface area contributed by atoms with Gasteiger partial charge < -0.3 is 9.64 Å². The molecule has 1 aliphatic rings. The van der Waals surface area contributed by atoms with E-state index in [2.05, 4.69) is 15.1 Å². The van der Waals surface area contributed by atoms with Gasteiger partial charge in [0.2, 0.25) is 10.0 Å². The van der Waals surface area contributed by atoms with Crippen molar-refractivity contribution in [1.29, 1.82) is 0 Å². The first-order valence-electron chi connectivity index (χ1n) is 9.85. The minimum absolute atomic E-state index is 0.0823. The quantitative estimate of drug-likeness (QED) is 0.554. The molecule has 1 fully saturated rings. The van der Waals surface area contributed by atoms with E-state index in [1.165, 1.54) is 17.6 Å². The van der Waals surface area contributed by atoms with Crippen LogP contribution in [0.5, 0.6) is 5.75 Å². The third-order valence-corrected chi connectivity index (χ3v) is 7.38. The number of alkyl halides is 2. The Bertz CT molecular complexity index is 1210. The SMILES string of the molecule is COc1cccc(-c2cc(N3CCN(S(=O)(=O)c4cnn(C(F)F)c4C)CC3)ncn2)c1. The summed E-state index contributed by atoms with van der Waals surface area (Å²) in [6, 6.07) is 9.35. The molecule has 0 bridgehead atoms. The molecule has 0 N–H and O–H groups in total. The first-order valence-corrected chi connectivity index (χ1v) is 11.3. The number of benzene rings is 1. The molecule has 12 heteroatoms. The number of halogens is 2. The van der Waals surface area contributed by atoms with Crippen LogP contribution in [0.4, 0.5) is 14.6 Å². The summed E-state index contributed by atoms with van der Waals surface area (Å²) in [5, 5.41) is 3.51. The summed E-state index contributed by atoms with van der Waals surface area (Å²) in [5.74, 6) is 1.39. The molecule has 0 radical (unpaired) electrons. The fourth-order valence-electron chi connectivity index (χ4n) is 3.61. The van der Waals surface area contributed by atoms with Gasteiger partial charge in [0.25, 0.3) is 0 Å². The summed E-state index contributed by atoms with van der Waals surface area (Å²) < 4.78 is 58.8. The second kappa shape index (κ2) is 8.79. The number of aromatic nitrogens is 4. The monoisotopic (exact) mass is 464 g/mol. The van der Waals surface area contributed by atoms with Crippen molar-refractivity contribution in [2.75, 3.05) is 38.2 Å². The third kappa shape index (κ3) is 4.15. The minimum atomic E-state index is -3.93. The van der Waals surface area contributed by atoms with Crippen LogP contribution in [-0.2, 0) is 10.0 Å². The van der Waals surface area contributed by atoms with E-state index in [4.69, 9.17) is 4.74 Å². The van der Waals surface area contributed by atoms with Crippen molar-refractivity contribution in [3.63, 3.8) is 0 Å². The normalized spacial score (nSPS) is 15.3. The molecule has 0 aliphatic carbocycles. The first kappa shape index (κ1) is 22.1. The topological polar surface area (TPSA) is 93.5 Å². The zero-order valence-electron chi connectivity index (χ0n) is 17.5. The highest BCUT2D eigenvalue weighted by atomic mass is 32.2. The summed E-state index contributed by atoms with van der Waals surface area (Å²) in [6.07, 6.45) is 2.45. The van der Waals surface area contributed by atoms with Crippen LogP contribution in [-0.4, -0.2) is 65.8 Å². The van der Waals surface area contributed by atoms with Crippen molar-refractivity contribution in [2.24, 2.45) is 0 Å². The summed E-state index contributed by atoms with van der Waals surface area (Å²) in [7, 11) is -2.33. The molecule has 1 saturated heterocycles. The lowest BCUT2D eigenvalue weighted by Gasteiger charge is -2.34. The molecule has 3 heterocycles. The van der Waals surface area contributed by atoms with E-state index in [1.807, 2.05) is 35.2 Å². The Morgan fingerprint density at radius 1 is 1.09 bits per heavy atom. The first-order chi connectivity index (χ1) is 15.3. The molecule has 0 saturated carbocycles. The maximum Gasteiger partial charge on any atom is 0.333 e. The number of rotatable bonds is 6. The Labute approximate surface area is 184 Å². The molecular weight excluding hydrogens is 442 g/mol. The number of methoxy groups -OCH3 is 1. The van der Waals surface area contributed by atoms with Crippen LogP contribution in [0.2, 0.25) is 0 Å². The van der Waals surface area contributed by atoms with Gasteiger partial charge in [-0.2, -0.15) is 18.2 Å². The standard InChI is InChI=1S/C20H22F2N6O3S/c1-14-18(12-25-28(14)20(21)22)32(29,30)27-8-6-26(7-9-27)19-11-17(23-13-24-19)15-4-3-5-16(10-15)31-2/h3-5,10-13,20H,6-9H2,1-2H3. The predicted octanol–water partition coefficient (Wildman–Crippen LogP) is 2.56. The number of ether oxygens (including phenoxy) is 1. The maximum absolute atomic E-state index is 13.0. The molecule has 4 rings (SSSR count). The highest BCUT2D eigenvalue weighted by molar-refractivity contribution is 7.89.